The highest BCUT2D eigenvalue weighted by Crippen LogP contribution is 2.19. The molecule has 1 aromatic carbocycles. The van der Waals surface area contributed by atoms with Gasteiger partial charge in [0.2, 0.25) is 0 Å². The molecule has 0 radical (unpaired) electrons. The SMILES string of the molecule is COC(=O)c1ccc2cnc(Cc3ccccc3Cl)n2c1. The summed E-state index contributed by atoms with van der Waals surface area (Å²) in [6, 6.07) is 11.2. The first-order valence-electron chi connectivity index (χ1n) is 6.47. The Bertz CT molecular complexity index is 811. The van der Waals surface area contributed by atoms with Gasteiger partial charge in [-0.15, -0.1) is 0 Å². The molecule has 2 heterocycles. The zero-order valence-electron chi connectivity index (χ0n) is 11.4. The van der Waals surface area contributed by atoms with Gasteiger partial charge in [0.15, 0.2) is 0 Å². The molecule has 0 N–H and O–H groups in total. The molecule has 4 nitrogen and oxygen atoms in total. The molecule has 0 saturated carbocycles. The Hall–Kier alpha value is -2.33. The standard InChI is InChI=1S/C16H13ClN2O2/c1-21-16(20)12-6-7-13-9-18-15(19(13)10-12)8-11-4-2-3-5-14(11)17/h2-7,9-10H,8H2,1H3. The van der Waals surface area contributed by atoms with Crippen molar-refractivity contribution in [2.45, 2.75) is 6.42 Å². The molecule has 5 heteroatoms. The van der Waals surface area contributed by atoms with Crippen molar-refractivity contribution in [2.24, 2.45) is 0 Å². The van der Waals surface area contributed by atoms with Crippen molar-refractivity contribution in [3.05, 3.63) is 70.8 Å². The molecule has 0 saturated heterocycles. The number of hydrogen-bond acceptors (Lipinski definition) is 3. The van der Waals surface area contributed by atoms with Gasteiger partial charge in [0.05, 0.1) is 24.4 Å². The number of carbonyl (C=O) groups excluding carboxylic acids is 1. The number of nitrogens with zero attached hydrogens (tertiary/aromatic N) is 2. The molecule has 21 heavy (non-hydrogen) atoms. The average Bonchev–Trinajstić information content (AvgIpc) is 2.91. The molecule has 3 aromatic rings. The Morgan fingerprint density at radius 3 is 2.86 bits per heavy atom. The van der Waals surface area contributed by atoms with Gasteiger partial charge in [-0.25, -0.2) is 9.78 Å². The Kier molecular flexibility index (Phi) is 3.62. The molecule has 0 atom stereocenters. The van der Waals surface area contributed by atoms with Crippen LogP contribution in [0.5, 0.6) is 0 Å². The van der Waals surface area contributed by atoms with Gasteiger partial charge >= 0.3 is 5.97 Å². The van der Waals surface area contributed by atoms with E-state index in [9.17, 15) is 4.79 Å². The third-order valence-corrected chi connectivity index (χ3v) is 3.70. The maximum Gasteiger partial charge on any atom is 0.339 e. The largest absolute Gasteiger partial charge is 0.465 e. The highest BCUT2D eigenvalue weighted by atomic mass is 35.5. The minimum atomic E-state index is -0.366. The topological polar surface area (TPSA) is 43.6 Å². The van der Waals surface area contributed by atoms with E-state index in [1.165, 1.54) is 7.11 Å². The van der Waals surface area contributed by atoms with Crippen LogP contribution in [-0.2, 0) is 11.2 Å². The van der Waals surface area contributed by atoms with Crippen LogP contribution in [0, 0.1) is 0 Å². The summed E-state index contributed by atoms with van der Waals surface area (Å²) in [5, 5.41) is 0.707. The van der Waals surface area contributed by atoms with E-state index in [1.54, 1.807) is 18.5 Å². The van der Waals surface area contributed by atoms with E-state index in [0.717, 1.165) is 16.9 Å². The number of fused-ring (bicyclic) bond motifs is 1. The number of hydrogen-bond donors (Lipinski definition) is 0. The Morgan fingerprint density at radius 1 is 1.29 bits per heavy atom. The van der Waals surface area contributed by atoms with Crippen LogP contribution in [-0.4, -0.2) is 22.5 Å². The van der Waals surface area contributed by atoms with E-state index in [-0.39, 0.29) is 5.97 Å². The maximum absolute atomic E-state index is 11.6. The van der Waals surface area contributed by atoms with Crippen molar-refractivity contribution in [2.75, 3.05) is 7.11 Å². The van der Waals surface area contributed by atoms with E-state index in [4.69, 9.17) is 16.3 Å². The fourth-order valence-electron chi connectivity index (χ4n) is 2.23. The lowest BCUT2D eigenvalue weighted by molar-refractivity contribution is 0.0600. The molecule has 0 amide bonds. The van der Waals surface area contributed by atoms with Gasteiger partial charge in [-0.3, -0.25) is 0 Å². The number of rotatable bonds is 3. The van der Waals surface area contributed by atoms with Gasteiger partial charge < -0.3 is 9.14 Å². The monoisotopic (exact) mass is 300 g/mol. The molecule has 0 aliphatic carbocycles. The molecule has 0 aliphatic rings. The van der Waals surface area contributed by atoms with Crippen LogP contribution in [0.2, 0.25) is 5.02 Å². The van der Waals surface area contributed by atoms with Crippen molar-refractivity contribution in [1.82, 2.24) is 9.38 Å². The van der Waals surface area contributed by atoms with Crippen LogP contribution in [0.15, 0.2) is 48.8 Å². The summed E-state index contributed by atoms with van der Waals surface area (Å²) in [6.45, 7) is 0. The van der Waals surface area contributed by atoms with Crippen LogP contribution >= 0.6 is 11.6 Å². The van der Waals surface area contributed by atoms with E-state index in [0.29, 0.717) is 17.0 Å². The highest BCUT2D eigenvalue weighted by molar-refractivity contribution is 6.31. The second-order valence-corrected chi connectivity index (χ2v) is 5.05. The summed E-state index contributed by atoms with van der Waals surface area (Å²) in [7, 11) is 1.37. The minimum Gasteiger partial charge on any atom is -0.465 e. The molecule has 2 aromatic heterocycles. The third-order valence-electron chi connectivity index (χ3n) is 3.33. The quantitative estimate of drug-likeness (QED) is 0.697. The average molecular weight is 301 g/mol. The lowest BCUT2D eigenvalue weighted by atomic mass is 10.1. The molecule has 0 fully saturated rings. The molecule has 0 bridgehead atoms. The molecule has 0 unspecified atom stereocenters. The lowest BCUT2D eigenvalue weighted by Gasteiger charge is -2.05. The van der Waals surface area contributed by atoms with Crippen LogP contribution < -0.4 is 0 Å². The number of halogens is 1. The Labute approximate surface area is 126 Å². The van der Waals surface area contributed by atoms with Crippen LogP contribution in [0.1, 0.15) is 21.7 Å². The van der Waals surface area contributed by atoms with Gasteiger partial charge in [-0.1, -0.05) is 29.8 Å². The molecule has 3 rings (SSSR count). The number of ether oxygens (including phenoxy) is 1. The van der Waals surface area contributed by atoms with Crippen molar-refractivity contribution in [3.8, 4) is 0 Å². The van der Waals surface area contributed by atoms with E-state index in [2.05, 4.69) is 4.98 Å². The summed E-state index contributed by atoms with van der Waals surface area (Å²) >= 11 is 6.19. The molecule has 0 spiro atoms. The number of esters is 1. The van der Waals surface area contributed by atoms with E-state index in [1.807, 2.05) is 34.7 Å². The minimum absolute atomic E-state index is 0.366. The number of pyridine rings is 1. The number of carbonyl (C=O) groups is 1. The lowest BCUT2D eigenvalue weighted by Crippen LogP contribution is -2.04. The van der Waals surface area contributed by atoms with Crippen molar-refractivity contribution < 1.29 is 9.53 Å². The Balaban J connectivity index is 2.03. The number of imidazole rings is 1. The number of methoxy groups -OCH3 is 1. The van der Waals surface area contributed by atoms with Crippen LogP contribution in [0.25, 0.3) is 5.52 Å². The summed E-state index contributed by atoms with van der Waals surface area (Å²) in [4.78, 5) is 16.0. The van der Waals surface area contributed by atoms with Crippen molar-refractivity contribution in [1.29, 1.82) is 0 Å². The summed E-state index contributed by atoms with van der Waals surface area (Å²) in [5.41, 5.74) is 2.41. The van der Waals surface area contributed by atoms with Crippen molar-refractivity contribution >= 4 is 23.1 Å². The fraction of sp³-hybridized carbons (Fsp3) is 0.125. The first kappa shape index (κ1) is 13.6. The summed E-state index contributed by atoms with van der Waals surface area (Å²) in [5.74, 6) is 0.457. The van der Waals surface area contributed by atoms with Crippen molar-refractivity contribution in [3.63, 3.8) is 0 Å². The van der Waals surface area contributed by atoms with E-state index < -0.39 is 0 Å². The van der Waals surface area contributed by atoms with Crippen LogP contribution in [0.3, 0.4) is 0 Å². The predicted octanol–water partition coefficient (Wildman–Crippen LogP) is 3.37. The second-order valence-electron chi connectivity index (χ2n) is 4.65. The zero-order chi connectivity index (χ0) is 14.8. The van der Waals surface area contributed by atoms with Gasteiger partial charge in [0.1, 0.15) is 5.82 Å². The normalized spacial score (nSPS) is 10.8. The van der Waals surface area contributed by atoms with E-state index >= 15 is 0 Å². The predicted molar refractivity (Wildman–Crippen MR) is 80.8 cm³/mol. The molecular weight excluding hydrogens is 288 g/mol. The summed E-state index contributed by atoms with van der Waals surface area (Å²) in [6.07, 6.45) is 4.10. The molecule has 0 aliphatic heterocycles. The first-order chi connectivity index (χ1) is 10.2. The second kappa shape index (κ2) is 5.58. The van der Waals surface area contributed by atoms with Gasteiger partial charge in [-0.05, 0) is 23.8 Å². The highest BCUT2D eigenvalue weighted by Gasteiger charge is 2.10. The number of benzene rings is 1. The first-order valence-corrected chi connectivity index (χ1v) is 6.84. The smallest absolute Gasteiger partial charge is 0.339 e. The number of aromatic nitrogens is 2. The van der Waals surface area contributed by atoms with Gasteiger partial charge in [-0.2, -0.15) is 0 Å². The zero-order valence-corrected chi connectivity index (χ0v) is 12.2. The Morgan fingerprint density at radius 2 is 2.10 bits per heavy atom. The fourth-order valence-corrected chi connectivity index (χ4v) is 2.43. The third kappa shape index (κ3) is 2.62. The van der Waals surface area contributed by atoms with Crippen LogP contribution in [0.4, 0.5) is 0 Å². The summed E-state index contributed by atoms with van der Waals surface area (Å²) < 4.78 is 6.63. The van der Waals surface area contributed by atoms with Gasteiger partial charge in [0.25, 0.3) is 0 Å². The molecule has 106 valence electrons. The molecular formula is C16H13ClN2O2. The van der Waals surface area contributed by atoms with Gasteiger partial charge in [0, 0.05) is 17.6 Å². The maximum atomic E-state index is 11.6.